The molecule has 2 aromatic rings. The van der Waals surface area contributed by atoms with Gasteiger partial charge < -0.3 is 4.52 Å². The van der Waals surface area contributed by atoms with E-state index in [0.717, 1.165) is 24.2 Å². The van der Waals surface area contributed by atoms with Crippen molar-refractivity contribution in [3.8, 4) is 0 Å². The first-order valence-electron chi connectivity index (χ1n) is 7.58. The molecule has 1 fully saturated rings. The van der Waals surface area contributed by atoms with E-state index < -0.39 is 0 Å². The zero-order chi connectivity index (χ0) is 14.9. The highest BCUT2D eigenvalue weighted by Gasteiger charge is 2.30. The van der Waals surface area contributed by atoms with Crippen LogP contribution in [0.15, 0.2) is 34.9 Å². The van der Waals surface area contributed by atoms with E-state index in [1.54, 1.807) is 0 Å². The summed E-state index contributed by atoms with van der Waals surface area (Å²) < 4.78 is 5.39. The summed E-state index contributed by atoms with van der Waals surface area (Å²) in [6.45, 7) is 4.66. The Balaban J connectivity index is 1.72. The van der Waals surface area contributed by atoms with E-state index in [0.29, 0.717) is 17.2 Å². The minimum absolute atomic E-state index is 0.368. The van der Waals surface area contributed by atoms with Crippen molar-refractivity contribution in [2.75, 3.05) is 0 Å². The van der Waals surface area contributed by atoms with Crippen LogP contribution in [0.3, 0.4) is 0 Å². The summed E-state index contributed by atoms with van der Waals surface area (Å²) in [4.78, 5) is 4.55. The average molecular weight is 305 g/mol. The topological polar surface area (TPSA) is 38.9 Å². The molecule has 1 aromatic carbocycles. The van der Waals surface area contributed by atoms with E-state index in [1.165, 1.54) is 12.8 Å². The molecule has 1 saturated carbocycles. The Morgan fingerprint density at radius 2 is 1.86 bits per heavy atom. The molecule has 0 radical (unpaired) electrons. The zero-order valence-corrected chi connectivity index (χ0v) is 13.3. The number of rotatable bonds is 3. The van der Waals surface area contributed by atoms with Crippen LogP contribution in [-0.4, -0.2) is 10.1 Å². The third-order valence-electron chi connectivity index (χ3n) is 4.47. The molecule has 1 heterocycles. The molecule has 0 aliphatic heterocycles. The number of hydrogen-bond acceptors (Lipinski definition) is 3. The molecule has 1 aromatic heterocycles. The van der Waals surface area contributed by atoms with Crippen molar-refractivity contribution < 1.29 is 4.52 Å². The number of halogens is 1. The molecule has 1 unspecified atom stereocenters. The quantitative estimate of drug-likeness (QED) is 0.742. The first-order valence-corrected chi connectivity index (χ1v) is 8.01. The van der Waals surface area contributed by atoms with E-state index in [-0.39, 0.29) is 5.38 Å². The third-order valence-corrected chi connectivity index (χ3v) is 4.91. The van der Waals surface area contributed by atoms with Gasteiger partial charge in [0.2, 0.25) is 5.89 Å². The lowest BCUT2D eigenvalue weighted by molar-refractivity contribution is 0.218. The monoisotopic (exact) mass is 304 g/mol. The Bertz CT molecular complexity index is 584. The first kappa shape index (κ1) is 14.6. The highest BCUT2D eigenvalue weighted by atomic mass is 35.5. The van der Waals surface area contributed by atoms with Gasteiger partial charge in [0.15, 0.2) is 5.82 Å². The second-order valence-corrected chi connectivity index (χ2v) is 7.14. The standard InChI is InChI=1S/C17H21ClN2O/c1-17(2)10-8-13(9-11-17)15-19-16(21-20-15)14(18)12-6-4-3-5-7-12/h3-7,13-14H,8-11H2,1-2H3. The van der Waals surface area contributed by atoms with Gasteiger partial charge in [0, 0.05) is 5.92 Å². The van der Waals surface area contributed by atoms with Gasteiger partial charge in [-0.05, 0) is 36.7 Å². The lowest BCUT2D eigenvalue weighted by atomic mass is 9.73. The number of alkyl halides is 1. The average Bonchev–Trinajstić information content (AvgIpc) is 2.97. The minimum Gasteiger partial charge on any atom is -0.337 e. The smallest absolute Gasteiger partial charge is 0.249 e. The summed E-state index contributed by atoms with van der Waals surface area (Å²) in [5, 5.41) is 3.80. The van der Waals surface area contributed by atoms with Crippen molar-refractivity contribution in [1.82, 2.24) is 10.1 Å². The Labute approximate surface area is 130 Å². The molecule has 21 heavy (non-hydrogen) atoms. The minimum atomic E-state index is -0.368. The van der Waals surface area contributed by atoms with Gasteiger partial charge in [-0.15, -0.1) is 11.6 Å². The van der Waals surface area contributed by atoms with E-state index in [9.17, 15) is 0 Å². The maximum atomic E-state index is 6.43. The molecule has 0 saturated heterocycles. The van der Waals surface area contributed by atoms with Crippen LogP contribution in [0.2, 0.25) is 0 Å². The Morgan fingerprint density at radius 3 is 2.52 bits per heavy atom. The van der Waals surface area contributed by atoms with E-state index >= 15 is 0 Å². The number of benzene rings is 1. The lowest BCUT2D eigenvalue weighted by Gasteiger charge is -2.32. The summed E-state index contributed by atoms with van der Waals surface area (Å²) in [5.41, 5.74) is 1.43. The molecule has 1 aliphatic rings. The molecule has 3 rings (SSSR count). The van der Waals surface area contributed by atoms with Crippen LogP contribution in [0, 0.1) is 5.41 Å². The lowest BCUT2D eigenvalue weighted by Crippen LogP contribution is -2.20. The number of aromatic nitrogens is 2. The highest BCUT2D eigenvalue weighted by Crippen LogP contribution is 2.42. The van der Waals surface area contributed by atoms with Crippen molar-refractivity contribution in [3.63, 3.8) is 0 Å². The SMILES string of the molecule is CC1(C)CCC(c2noc(C(Cl)c3ccccc3)n2)CC1. The van der Waals surface area contributed by atoms with Gasteiger partial charge in [-0.2, -0.15) is 4.98 Å². The second-order valence-electron chi connectivity index (χ2n) is 6.70. The van der Waals surface area contributed by atoms with Gasteiger partial charge in [0.1, 0.15) is 5.38 Å². The molecular weight excluding hydrogens is 284 g/mol. The molecule has 0 N–H and O–H groups in total. The van der Waals surface area contributed by atoms with Crippen molar-refractivity contribution in [2.24, 2.45) is 5.41 Å². The molecule has 4 heteroatoms. The summed E-state index contributed by atoms with van der Waals surface area (Å²) >= 11 is 6.43. The maximum Gasteiger partial charge on any atom is 0.249 e. The van der Waals surface area contributed by atoms with Crippen LogP contribution in [0.4, 0.5) is 0 Å². The normalized spacial score (nSPS) is 20.3. The van der Waals surface area contributed by atoms with E-state index in [1.807, 2.05) is 30.3 Å². The van der Waals surface area contributed by atoms with Gasteiger partial charge in [-0.25, -0.2) is 0 Å². The van der Waals surface area contributed by atoms with Crippen molar-refractivity contribution in [2.45, 2.75) is 50.8 Å². The predicted molar refractivity (Wildman–Crippen MR) is 83.4 cm³/mol. The van der Waals surface area contributed by atoms with Gasteiger partial charge in [0.05, 0.1) is 0 Å². The number of nitrogens with zero attached hydrogens (tertiary/aromatic N) is 2. The fraction of sp³-hybridized carbons (Fsp3) is 0.529. The first-order chi connectivity index (χ1) is 10.1. The summed E-state index contributed by atoms with van der Waals surface area (Å²) in [7, 11) is 0. The molecule has 0 amide bonds. The summed E-state index contributed by atoms with van der Waals surface area (Å²) in [6.07, 6.45) is 4.68. The molecule has 0 bridgehead atoms. The zero-order valence-electron chi connectivity index (χ0n) is 12.6. The predicted octanol–water partition coefficient (Wildman–Crippen LogP) is 5.08. The van der Waals surface area contributed by atoms with Crippen molar-refractivity contribution >= 4 is 11.6 Å². The van der Waals surface area contributed by atoms with Gasteiger partial charge in [-0.3, -0.25) is 0 Å². The van der Waals surface area contributed by atoms with Gasteiger partial charge in [-0.1, -0.05) is 49.3 Å². The maximum absolute atomic E-state index is 6.43. The van der Waals surface area contributed by atoms with Crippen LogP contribution in [-0.2, 0) is 0 Å². The molecular formula is C17H21ClN2O. The summed E-state index contributed by atoms with van der Waals surface area (Å²) in [5.74, 6) is 1.74. The van der Waals surface area contributed by atoms with Crippen LogP contribution in [0.25, 0.3) is 0 Å². The fourth-order valence-corrected chi connectivity index (χ4v) is 3.17. The van der Waals surface area contributed by atoms with Crippen LogP contribution >= 0.6 is 11.6 Å². The molecule has 0 spiro atoms. The van der Waals surface area contributed by atoms with Crippen molar-refractivity contribution in [1.29, 1.82) is 0 Å². The van der Waals surface area contributed by atoms with Crippen molar-refractivity contribution in [3.05, 3.63) is 47.6 Å². The summed E-state index contributed by atoms with van der Waals surface area (Å²) in [6, 6.07) is 9.85. The fourth-order valence-electron chi connectivity index (χ4n) is 2.94. The van der Waals surface area contributed by atoms with E-state index in [4.69, 9.17) is 16.1 Å². The van der Waals surface area contributed by atoms with E-state index in [2.05, 4.69) is 24.0 Å². The molecule has 3 nitrogen and oxygen atoms in total. The highest BCUT2D eigenvalue weighted by molar-refractivity contribution is 6.22. The molecule has 112 valence electrons. The Hall–Kier alpha value is -1.35. The Kier molecular flexibility index (Phi) is 4.03. The van der Waals surface area contributed by atoms with Crippen LogP contribution in [0.5, 0.6) is 0 Å². The molecule has 1 atom stereocenters. The third kappa shape index (κ3) is 3.29. The second kappa shape index (κ2) is 5.80. The largest absolute Gasteiger partial charge is 0.337 e. The molecule has 1 aliphatic carbocycles. The van der Waals surface area contributed by atoms with Gasteiger partial charge >= 0.3 is 0 Å². The Morgan fingerprint density at radius 1 is 1.19 bits per heavy atom. The number of hydrogen-bond donors (Lipinski definition) is 0. The van der Waals surface area contributed by atoms with Crippen LogP contribution < -0.4 is 0 Å². The van der Waals surface area contributed by atoms with Crippen LogP contribution in [0.1, 0.15) is 68.1 Å². The van der Waals surface area contributed by atoms with Gasteiger partial charge in [0.25, 0.3) is 0 Å².